The predicted molar refractivity (Wildman–Crippen MR) is 293 cm³/mol. The van der Waals surface area contributed by atoms with E-state index in [1.54, 1.807) is 0 Å². The number of para-hydroxylation sites is 3. The molecule has 0 spiro atoms. The average Bonchev–Trinajstić information content (AvgIpc) is 3.92. The summed E-state index contributed by atoms with van der Waals surface area (Å²) in [6, 6.07) is 66.4. The Balaban J connectivity index is 0.00000596. The van der Waals surface area contributed by atoms with E-state index in [9.17, 15) is 0 Å². The van der Waals surface area contributed by atoms with Gasteiger partial charge in [-0.25, -0.2) is 4.98 Å². The van der Waals surface area contributed by atoms with Gasteiger partial charge in [0.1, 0.15) is 17.3 Å². The molecule has 362 valence electrons. The molecule has 0 aliphatic carbocycles. The van der Waals surface area contributed by atoms with Crippen LogP contribution in [0.15, 0.2) is 176 Å². The van der Waals surface area contributed by atoms with Gasteiger partial charge in [0.15, 0.2) is 0 Å². The first kappa shape index (κ1) is 48.2. The Bertz CT molecular complexity index is 3540. The van der Waals surface area contributed by atoms with Gasteiger partial charge >= 0.3 is 0 Å². The summed E-state index contributed by atoms with van der Waals surface area (Å²) in [6.45, 7) is 22.4. The molecule has 10 aromatic rings. The zero-order valence-electron chi connectivity index (χ0n) is 42.2. The summed E-state index contributed by atoms with van der Waals surface area (Å²) >= 11 is 0. The summed E-state index contributed by atoms with van der Waals surface area (Å²) in [5.41, 5.74) is 16.5. The van der Waals surface area contributed by atoms with Crippen LogP contribution in [-0.4, -0.2) is 9.55 Å². The van der Waals surface area contributed by atoms with Crippen molar-refractivity contribution in [1.82, 2.24) is 9.55 Å². The number of hydrogen-bond donors (Lipinski definition) is 0. The number of hydrogen-bond acceptors (Lipinski definition) is 5. The maximum absolute atomic E-state index is 7.17. The smallest absolute Gasteiger partial charge is 0.143 e. The first-order valence-corrected chi connectivity index (χ1v) is 24.4. The van der Waals surface area contributed by atoms with Crippen LogP contribution >= 0.6 is 0 Å². The Labute approximate surface area is 438 Å². The van der Waals surface area contributed by atoms with E-state index in [-0.39, 0.29) is 31.9 Å². The molecule has 0 fully saturated rings. The van der Waals surface area contributed by atoms with Crippen molar-refractivity contribution in [3.05, 3.63) is 223 Å². The van der Waals surface area contributed by atoms with Gasteiger partial charge in [-0.15, -0.1) is 48.1 Å². The molecule has 0 atom stereocenters. The summed E-state index contributed by atoms with van der Waals surface area (Å²) in [7, 11) is 0. The van der Waals surface area contributed by atoms with E-state index in [0.717, 1.165) is 72.6 Å². The molecular weight excluding hydrogens is 1060 g/mol. The summed E-state index contributed by atoms with van der Waals surface area (Å²) < 4.78 is 16.0. The van der Waals surface area contributed by atoms with Crippen LogP contribution in [0.1, 0.15) is 69.4 Å². The first-order chi connectivity index (χ1) is 34.2. The van der Waals surface area contributed by atoms with Crippen molar-refractivity contribution in [2.24, 2.45) is 0 Å². The third-order valence-electron chi connectivity index (χ3n) is 14.0. The maximum atomic E-state index is 7.17. The number of nitrogens with zero attached hydrogens (tertiary/aromatic N) is 4. The van der Waals surface area contributed by atoms with Crippen LogP contribution in [0.5, 0.6) is 23.0 Å². The van der Waals surface area contributed by atoms with Crippen LogP contribution in [0.4, 0.5) is 22.7 Å². The average molecular weight is 1120 g/mol. The van der Waals surface area contributed by atoms with Crippen molar-refractivity contribution in [3.8, 4) is 51.1 Å². The first-order valence-electron chi connectivity index (χ1n) is 24.4. The number of ether oxygens (including phenoxy) is 2. The largest absolute Gasteiger partial charge is 0.509 e. The molecule has 6 nitrogen and oxygen atoms in total. The molecule has 2 aromatic heterocycles. The Morgan fingerprint density at radius 3 is 1.74 bits per heavy atom. The summed E-state index contributed by atoms with van der Waals surface area (Å²) in [5, 5.41) is 2.12. The fourth-order valence-electron chi connectivity index (χ4n) is 9.88. The second-order valence-electron chi connectivity index (χ2n) is 20.7. The summed E-state index contributed by atoms with van der Waals surface area (Å²) in [4.78, 5) is 9.47. The van der Waals surface area contributed by atoms with E-state index in [4.69, 9.17) is 14.5 Å². The standard InChI is InChI=1S/C65H57N4O2.Pt/c1-42-43(2)61(45-21-12-10-13-22-45)63(62(44(42)3)46-23-14-11-15-24-46)71-53-33-34-66-60(40-53)69-56-28-17-16-27-54(56)55-32-31-52(39-59(55)69)70-51-26-20-25-49(38-51)67-41-68(58-30-19-18-29-57(58)67)50-36-47(64(4,5)6)35-48(37-50)65(7,8)9;/h10-37,40-41H,1-9H3;/q-3;. The van der Waals surface area contributed by atoms with Gasteiger partial charge in [-0.2, -0.15) is 12.1 Å². The number of pyridine rings is 1. The van der Waals surface area contributed by atoms with E-state index in [2.05, 4.69) is 235 Å². The molecule has 1 aliphatic rings. The number of aromatic nitrogens is 2. The van der Waals surface area contributed by atoms with Crippen LogP contribution in [-0.2, 0) is 31.9 Å². The third kappa shape index (κ3) is 8.87. The Kier molecular flexibility index (Phi) is 12.7. The predicted octanol–water partition coefficient (Wildman–Crippen LogP) is 17.6. The van der Waals surface area contributed by atoms with Gasteiger partial charge < -0.3 is 23.8 Å². The molecule has 1 aliphatic heterocycles. The molecule has 0 amide bonds. The Morgan fingerprint density at radius 1 is 0.514 bits per heavy atom. The number of benzene rings is 8. The van der Waals surface area contributed by atoms with Gasteiger partial charge in [-0.1, -0.05) is 144 Å². The van der Waals surface area contributed by atoms with Crippen LogP contribution in [0.25, 0.3) is 49.9 Å². The summed E-state index contributed by atoms with van der Waals surface area (Å²) in [5.74, 6) is 3.33. The quantitative estimate of drug-likeness (QED) is 0.135. The van der Waals surface area contributed by atoms with Crippen molar-refractivity contribution in [1.29, 1.82) is 0 Å². The molecule has 7 heteroatoms. The molecule has 0 bridgehead atoms. The van der Waals surface area contributed by atoms with Crippen LogP contribution in [0, 0.1) is 39.6 Å². The molecule has 0 saturated carbocycles. The van der Waals surface area contributed by atoms with Gasteiger partial charge in [0.25, 0.3) is 0 Å². The van der Waals surface area contributed by atoms with Crippen LogP contribution in [0.2, 0.25) is 0 Å². The SMILES string of the molecule is Cc1c(C)c(-c2ccccc2)c(Oc2ccnc(-n3c4[c-]c(Oc5[c-]c(N6[CH-]N(c7cc(C(C)(C)C)cc(C(C)(C)C)c7)c7ccccc76)ccc5)ccc4c4ccccc43)c2)c(-c2ccccc2)c1C.[Pt]. The Hall–Kier alpha value is -7.40. The molecule has 0 saturated heterocycles. The maximum Gasteiger partial charge on any atom is 0.143 e. The molecule has 3 heterocycles. The fourth-order valence-corrected chi connectivity index (χ4v) is 9.88. The zero-order valence-corrected chi connectivity index (χ0v) is 44.5. The van der Waals surface area contributed by atoms with E-state index in [1.165, 1.54) is 27.8 Å². The van der Waals surface area contributed by atoms with Gasteiger partial charge in [0, 0.05) is 78.5 Å². The zero-order chi connectivity index (χ0) is 49.2. The number of rotatable bonds is 9. The van der Waals surface area contributed by atoms with Crippen molar-refractivity contribution in [2.75, 3.05) is 9.80 Å². The molecule has 11 rings (SSSR count). The van der Waals surface area contributed by atoms with E-state index in [1.807, 2.05) is 36.5 Å². The van der Waals surface area contributed by atoms with Crippen molar-refractivity contribution < 1.29 is 30.5 Å². The minimum atomic E-state index is -0.0155. The van der Waals surface area contributed by atoms with Gasteiger partial charge in [0.2, 0.25) is 0 Å². The second kappa shape index (κ2) is 19.0. The van der Waals surface area contributed by atoms with Crippen LogP contribution in [0.3, 0.4) is 0 Å². The van der Waals surface area contributed by atoms with E-state index < -0.39 is 0 Å². The summed E-state index contributed by atoms with van der Waals surface area (Å²) in [6.07, 6.45) is 1.82. The second-order valence-corrected chi connectivity index (χ2v) is 20.7. The molecular formula is C65H57N4O2Pt-3. The van der Waals surface area contributed by atoms with Crippen molar-refractivity contribution >= 4 is 44.6 Å². The van der Waals surface area contributed by atoms with Crippen LogP contribution < -0.4 is 19.3 Å². The van der Waals surface area contributed by atoms with Gasteiger partial charge in [0.05, 0.1) is 0 Å². The monoisotopic (exact) mass is 1120 g/mol. The molecule has 0 unspecified atom stereocenters. The van der Waals surface area contributed by atoms with E-state index in [0.29, 0.717) is 23.1 Å². The Morgan fingerprint density at radius 2 is 1.10 bits per heavy atom. The number of fused-ring (bicyclic) bond motifs is 4. The molecule has 72 heavy (non-hydrogen) atoms. The normalized spacial score (nSPS) is 12.6. The van der Waals surface area contributed by atoms with Gasteiger partial charge in [-0.3, -0.25) is 0 Å². The number of anilines is 4. The molecule has 0 N–H and O–H groups in total. The molecule has 8 aromatic carbocycles. The topological polar surface area (TPSA) is 42.8 Å². The molecule has 0 radical (unpaired) electrons. The minimum Gasteiger partial charge on any atom is -0.509 e. The van der Waals surface area contributed by atoms with E-state index >= 15 is 0 Å². The van der Waals surface area contributed by atoms with Gasteiger partial charge in [-0.05, 0) is 112 Å². The van der Waals surface area contributed by atoms with Crippen molar-refractivity contribution in [2.45, 2.75) is 73.1 Å². The minimum absolute atomic E-state index is 0. The fraction of sp³-hybridized carbons (Fsp3) is 0.169. The van der Waals surface area contributed by atoms with Crippen molar-refractivity contribution in [3.63, 3.8) is 0 Å². The third-order valence-corrected chi connectivity index (χ3v) is 14.0.